The second-order valence-corrected chi connectivity index (χ2v) is 7.91. The number of ether oxygens (including phenoxy) is 1. The molecule has 0 bridgehead atoms. The Morgan fingerprint density at radius 1 is 1.38 bits per heavy atom. The molecule has 134 valence electrons. The molecule has 0 fully saturated rings. The van der Waals surface area contributed by atoms with E-state index >= 15 is 0 Å². The molecule has 1 aliphatic carbocycles. The van der Waals surface area contributed by atoms with Crippen molar-refractivity contribution in [3.63, 3.8) is 0 Å². The molecule has 1 aliphatic rings. The Kier molecular flexibility index (Phi) is 5.68. The zero-order chi connectivity index (χ0) is 18.8. The summed E-state index contributed by atoms with van der Waals surface area (Å²) < 4.78 is 5.17. The van der Waals surface area contributed by atoms with E-state index in [1.54, 1.807) is 0 Å². The lowest BCUT2D eigenvalue weighted by molar-refractivity contribution is 0.0975. The second-order valence-electron chi connectivity index (χ2n) is 5.55. The number of hydrogen-bond donors (Lipinski definition) is 2. The molecule has 1 aromatic carbocycles. The van der Waals surface area contributed by atoms with Crippen LogP contribution in [0.4, 0.5) is 5.00 Å². The average Bonchev–Trinajstić information content (AvgIpc) is 3.14. The fourth-order valence-electron chi connectivity index (χ4n) is 2.85. The Hall–Kier alpha value is -1.85. The van der Waals surface area contributed by atoms with E-state index in [1.807, 2.05) is 0 Å². The number of anilines is 1. The molecule has 2 N–H and O–H groups in total. The zero-order valence-electron chi connectivity index (χ0n) is 13.6. The predicted octanol–water partition coefficient (Wildman–Crippen LogP) is 4.55. The molecular weight excluding hydrogens is 413 g/mol. The lowest BCUT2D eigenvalue weighted by Gasteiger charge is -2.12. The van der Waals surface area contributed by atoms with Crippen LogP contribution in [-0.4, -0.2) is 18.1 Å². The number of carbonyl (C=O) groups excluding carboxylic acids is 1. The first kappa shape index (κ1) is 18.9. The highest BCUT2D eigenvalue weighted by atomic mass is 35.5. The fourth-order valence-corrected chi connectivity index (χ4v) is 4.93. The fraction of sp³-hybridized carbons (Fsp3) is 0.235. The number of carbonyl (C=O) groups is 1. The average molecular weight is 426 g/mol. The Morgan fingerprint density at radius 2 is 2.15 bits per heavy atom. The standard InChI is InChI=1S/C17H13Cl2N3O2S2/c1-24-14-10(5-8(18)6-12(14)19)15(23)21-17(25)22-16-11(7-20)9-3-2-4-13(9)26-16/h5-6H,2-4H2,1H3,(H2,21,22,23,25). The van der Waals surface area contributed by atoms with E-state index in [0.717, 1.165) is 24.8 Å². The van der Waals surface area contributed by atoms with Crippen LogP contribution in [0.25, 0.3) is 0 Å². The van der Waals surface area contributed by atoms with Gasteiger partial charge in [0, 0.05) is 9.90 Å². The summed E-state index contributed by atoms with van der Waals surface area (Å²) in [6.45, 7) is 0. The molecule has 0 spiro atoms. The Bertz CT molecular complexity index is 950. The predicted molar refractivity (Wildman–Crippen MR) is 108 cm³/mol. The summed E-state index contributed by atoms with van der Waals surface area (Å²) in [6, 6.07) is 5.16. The van der Waals surface area contributed by atoms with Gasteiger partial charge in [-0.15, -0.1) is 11.3 Å². The Morgan fingerprint density at radius 3 is 2.85 bits per heavy atom. The first-order valence-corrected chi connectivity index (χ1v) is 9.62. The highest BCUT2D eigenvalue weighted by Crippen LogP contribution is 2.38. The van der Waals surface area contributed by atoms with Crippen molar-refractivity contribution >= 4 is 62.8 Å². The van der Waals surface area contributed by atoms with Crippen molar-refractivity contribution < 1.29 is 9.53 Å². The van der Waals surface area contributed by atoms with Gasteiger partial charge < -0.3 is 10.1 Å². The highest BCUT2D eigenvalue weighted by molar-refractivity contribution is 7.80. The Labute approximate surface area is 169 Å². The number of nitrogens with zero attached hydrogens (tertiary/aromatic N) is 1. The van der Waals surface area contributed by atoms with E-state index in [1.165, 1.54) is 35.5 Å². The second kappa shape index (κ2) is 7.80. The lowest BCUT2D eigenvalue weighted by Crippen LogP contribution is -2.34. The number of thiocarbonyl (C=S) groups is 1. The molecule has 0 radical (unpaired) electrons. The van der Waals surface area contributed by atoms with Gasteiger partial charge in [-0.3, -0.25) is 10.1 Å². The topological polar surface area (TPSA) is 74.2 Å². The van der Waals surface area contributed by atoms with E-state index in [2.05, 4.69) is 16.7 Å². The van der Waals surface area contributed by atoms with Crippen molar-refractivity contribution in [3.8, 4) is 11.8 Å². The maximum Gasteiger partial charge on any atom is 0.261 e. The largest absolute Gasteiger partial charge is 0.494 e. The molecule has 1 heterocycles. The van der Waals surface area contributed by atoms with Gasteiger partial charge in [-0.05, 0) is 49.2 Å². The molecule has 0 atom stereocenters. The van der Waals surface area contributed by atoms with Crippen LogP contribution in [0.5, 0.6) is 5.75 Å². The number of hydrogen-bond acceptors (Lipinski definition) is 5. The summed E-state index contributed by atoms with van der Waals surface area (Å²) in [5.74, 6) is -0.296. The van der Waals surface area contributed by atoms with E-state index in [9.17, 15) is 10.1 Å². The number of fused-ring (bicyclic) bond motifs is 1. The van der Waals surface area contributed by atoms with Crippen molar-refractivity contribution in [2.75, 3.05) is 12.4 Å². The van der Waals surface area contributed by atoms with Crippen LogP contribution in [0.2, 0.25) is 10.0 Å². The zero-order valence-corrected chi connectivity index (χ0v) is 16.8. The molecule has 3 rings (SSSR count). The minimum atomic E-state index is -0.508. The number of halogens is 2. The number of methoxy groups -OCH3 is 1. The van der Waals surface area contributed by atoms with Gasteiger partial charge in [-0.1, -0.05) is 23.2 Å². The third-order valence-corrected chi connectivity index (χ3v) is 5.85. The number of thiophene rings is 1. The molecule has 5 nitrogen and oxygen atoms in total. The van der Waals surface area contributed by atoms with Gasteiger partial charge in [-0.25, -0.2) is 0 Å². The molecule has 0 saturated heterocycles. The molecule has 1 amide bonds. The quantitative estimate of drug-likeness (QED) is 0.705. The van der Waals surface area contributed by atoms with Crippen molar-refractivity contribution in [1.29, 1.82) is 5.26 Å². The van der Waals surface area contributed by atoms with Crippen molar-refractivity contribution in [3.05, 3.63) is 43.7 Å². The van der Waals surface area contributed by atoms with Gasteiger partial charge in [0.1, 0.15) is 16.8 Å². The van der Waals surface area contributed by atoms with E-state index < -0.39 is 5.91 Å². The van der Waals surface area contributed by atoms with Gasteiger partial charge in [0.15, 0.2) is 5.11 Å². The number of aryl methyl sites for hydroxylation is 1. The summed E-state index contributed by atoms with van der Waals surface area (Å²) >= 11 is 18.7. The van der Waals surface area contributed by atoms with Gasteiger partial charge in [0.2, 0.25) is 0 Å². The molecule has 0 aliphatic heterocycles. The van der Waals surface area contributed by atoms with Crippen LogP contribution < -0.4 is 15.4 Å². The molecular formula is C17H13Cl2N3O2S2. The van der Waals surface area contributed by atoms with Crippen LogP contribution >= 0.6 is 46.8 Å². The molecule has 0 unspecified atom stereocenters. The van der Waals surface area contributed by atoms with E-state index in [0.29, 0.717) is 15.6 Å². The van der Waals surface area contributed by atoms with E-state index in [4.69, 9.17) is 40.2 Å². The number of rotatable bonds is 3. The monoisotopic (exact) mass is 425 g/mol. The number of nitrogens with one attached hydrogen (secondary N) is 2. The maximum absolute atomic E-state index is 12.5. The third-order valence-electron chi connectivity index (χ3n) is 3.94. The minimum absolute atomic E-state index is 0.0876. The van der Waals surface area contributed by atoms with Crippen molar-refractivity contribution in [1.82, 2.24) is 5.32 Å². The summed E-state index contributed by atoms with van der Waals surface area (Å²) in [5.41, 5.74) is 1.85. The maximum atomic E-state index is 12.5. The van der Waals surface area contributed by atoms with Crippen LogP contribution in [0.1, 0.15) is 32.8 Å². The van der Waals surface area contributed by atoms with Gasteiger partial charge in [0.05, 0.1) is 23.3 Å². The van der Waals surface area contributed by atoms with Crippen molar-refractivity contribution in [2.24, 2.45) is 0 Å². The van der Waals surface area contributed by atoms with Crippen LogP contribution in [0.15, 0.2) is 12.1 Å². The molecule has 1 aromatic heterocycles. The first-order valence-electron chi connectivity index (χ1n) is 7.64. The van der Waals surface area contributed by atoms with Crippen LogP contribution in [-0.2, 0) is 12.8 Å². The van der Waals surface area contributed by atoms with Crippen molar-refractivity contribution in [2.45, 2.75) is 19.3 Å². The normalized spacial score (nSPS) is 12.2. The summed E-state index contributed by atoms with van der Waals surface area (Å²) in [4.78, 5) is 13.7. The van der Waals surface area contributed by atoms with Gasteiger partial charge >= 0.3 is 0 Å². The Balaban J connectivity index is 1.78. The summed E-state index contributed by atoms with van der Waals surface area (Å²) in [6.07, 6.45) is 2.92. The number of amides is 1. The molecule has 9 heteroatoms. The van der Waals surface area contributed by atoms with Crippen LogP contribution in [0.3, 0.4) is 0 Å². The van der Waals surface area contributed by atoms with E-state index in [-0.39, 0.29) is 21.4 Å². The third kappa shape index (κ3) is 3.64. The summed E-state index contributed by atoms with van der Waals surface area (Å²) in [7, 11) is 1.41. The number of nitriles is 1. The highest BCUT2D eigenvalue weighted by Gasteiger charge is 2.23. The SMILES string of the molecule is COc1c(Cl)cc(Cl)cc1C(=O)NC(=S)Nc1sc2c(c1C#N)CCC2. The van der Waals surface area contributed by atoms with Crippen LogP contribution in [0, 0.1) is 11.3 Å². The molecule has 0 saturated carbocycles. The van der Waals surface area contributed by atoms with Gasteiger partial charge in [-0.2, -0.15) is 5.26 Å². The smallest absolute Gasteiger partial charge is 0.261 e. The lowest BCUT2D eigenvalue weighted by atomic mass is 10.1. The summed E-state index contributed by atoms with van der Waals surface area (Å²) in [5, 5.41) is 16.2. The number of benzene rings is 1. The molecule has 2 aromatic rings. The molecule has 26 heavy (non-hydrogen) atoms. The van der Waals surface area contributed by atoms with Gasteiger partial charge in [0.25, 0.3) is 5.91 Å². The first-order chi connectivity index (χ1) is 12.4. The minimum Gasteiger partial charge on any atom is -0.494 e.